The van der Waals surface area contributed by atoms with E-state index < -0.39 is 0 Å². The fourth-order valence-electron chi connectivity index (χ4n) is 3.45. The summed E-state index contributed by atoms with van der Waals surface area (Å²) in [7, 11) is 1.65. The Kier molecular flexibility index (Phi) is 5.92. The lowest BCUT2D eigenvalue weighted by Gasteiger charge is -2.36. The van der Waals surface area contributed by atoms with Gasteiger partial charge in [-0.3, -0.25) is 4.79 Å². The van der Waals surface area contributed by atoms with Crippen LogP contribution in [0.25, 0.3) is 11.4 Å². The minimum Gasteiger partial charge on any atom is -0.497 e. The first-order valence-electron chi connectivity index (χ1n) is 9.87. The topological polar surface area (TPSA) is 71.7 Å². The maximum Gasteiger partial charge on any atom is 0.227 e. The number of benzene rings is 2. The molecule has 8 heteroatoms. The summed E-state index contributed by atoms with van der Waals surface area (Å²) in [6.45, 7) is 2.92. The molecule has 4 rings (SSSR count). The normalized spacial score (nSPS) is 14.1. The summed E-state index contributed by atoms with van der Waals surface area (Å²) < 4.78 is 23.5. The molecule has 0 bridgehead atoms. The Bertz CT molecular complexity index is 980. The second-order valence-corrected chi connectivity index (χ2v) is 7.08. The summed E-state index contributed by atoms with van der Waals surface area (Å²) in [5.41, 5.74) is 1.80. The van der Waals surface area contributed by atoms with Crippen LogP contribution in [0, 0.1) is 5.82 Å². The monoisotopic (exact) mass is 410 g/mol. The van der Waals surface area contributed by atoms with Crippen molar-refractivity contribution < 1.29 is 18.4 Å². The number of aromatic nitrogens is 2. The zero-order chi connectivity index (χ0) is 20.9. The van der Waals surface area contributed by atoms with Crippen LogP contribution in [0.4, 0.5) is 10.1 Å². The van der Waals surface area contributed by atoms with Gasteiger partial charge in [0.05, 0.1) is 7.11 Å². The Morgan fingerprint density at radius 1 is 1.07 bits per heavy atom. The summed E-state index contributed by atoms with van der Waals surface area (Å²) in [5, 5.41) is 3.91. The lowest BCUT2D eigenvalue weighted by Crippen LogP contribution is -2.48. The number of aryl methyl sites for hydroxylation is 1. The number of nitrogens with zero attached hydrogens (tertiary/aromatic N) is 4. The Hall–Kier alpha value is -3.42. The number of halogens is 1. The molecule has 7 nitrogen and oxygen atoms in total. The Morgan fingerprint density at radius 2 is 1.77 bits per heavy atom. The van der Waals surface area contributed by atoms with E-state index in [2.05, 4.69) is 15.0 Å². The molecule has 1 fully saturated rings. The highest BCUT2D eigenvalue weighted by Crippen LogP contribution is 2.21. The van der Waals surface area contributed by atoms with Crippen molar-refractivity contribution >= 4 is 11.6 Å². The van der Waals surface area contributed by atoms with Gasteiger partial charge in [0, 0.05) is 50.3 Å². The van der Waals surface area contributed by atoms with Gasteiger partial charge in [-0.05, 0) is 48.5 Å². The van der Waals surface area contributed by atoms with E-state index in [1.807, 2.05) is 29.2 Å². The first-order valence-corrected chi connectivity index (χ1v) is 9.87. The van der Waals surface area contributed by atoms with Crippen molar-refractivity contribution in [3.63, 3.8) is 0 Å². The van der Waals surface area contributed by atoms with Crippen LogP contribution in [-0.2, 0) is 11.2 Å². The van der Waals surface area contributed by atoms with Crippen LogP contribution in [0.2, 0.25) is 0 Å². The van der Waals surface area contributed by atoms with Crippen LogP contribution in [0.15, 0.2) is 53.1 Å². The molecule has 1 saturated heterocycles. The summed E-state index contributed by atoms with van der Waals surface area (Å²) >= 11 is 0. The van der Waals surface area contributed by atoms with Gasteiger partial charge in [0.15, 0.2) is 0 Å². The lowest BCUT2D eigenvalue weighted by atomic mass is 10.2. The van der Waals surface area contributed by atoms with Crippen LogP contribution < -0.4 is 9.64 Å². The number of hydrogen-bond acceptors (Lipinski definition) is 6. The number of carbonyl (C=O) groups is 1. The van der Waals surface area contributed by atoms with E-state index in [9.17, 15) is 9.18 Å². The van der Waals surface area contributed by atoms with Gasteiger partial charge >= 0.3 is 0 Å². The maximum absolute atomic E-state index is 13.0. The Balaban J connectivity index is 1.26. The molecule has 0 unspecified atom stereocenters. The Morgan fingerprint density at radius 3 is 2.43 bits per heavy atom. The molecule has 0 spiro atoms. The van der Waals surface area contributed by atoms with Gasteiger partial charge in [0.1, 0.15) is 11.6 Å². The number of rotatable bonds is 6. The summed E-state index contributed by atoms with van der Waals surface area (Å²) in [6, 6.07) is 13.8. The van der Waals surface area contributed by atoms with E-state index >= 15 is 0 Å². The number of anilines is 1. The summed E-state index contributed by atoms with van der Waals surface area (Å²) in [5.74, 6) is 1.38. The van der Waals surface area contributed by atoms with Gasteiger partial charge in [0.2, 0.25) is 17.6 Å². The van der Waals surface area contributed by atoms with Gasteiger partial charge in [0.25, 0.3) is 0 Å². The number of hydrogen-bond donors (Lipinski definition) is 0. The number of carbonyl (C=O) groups excluding carboxylic acids is 1. The molecular formula is C22H23FN4O3. The molecule has 1 aliphatic heterocycles. The molecule has 30 heavy (non-hydrogen) atoms. The van der Waals surface area contributed by atoms with Crippen LogP contribution in [0.1, 0.15) is 12.3 Å². The van der Waals surface area contributed by atoms with Crippen molar-refractivity contribution in [2.75, 3.05) is 38.2 Å². The number of piperazine rings is 1. The molecule has 3 aromatic rings. The molecule has 0 atom stereocenters. The second-order valence-electron chi connectivity index (χ2n) is 7.08. The smallest absolute Gasteiger partial charge is 0.227 e. The largest absolute Gasteiger partial charge is 0.497 e. The second kappa shape index (κ2) is 8.94. The van der Waals surface area contributed by atoms with Crippen LogP contribution >= 0.6 is 0 Å². The first-order chi connectivity index (χ1) is 14.6. The van der Waals surface area contributed by atoms with Crippen molar-refractivity contribution in [3.05, 3.63) is 60.2 Å². The highest BCUT2D eigenvalue weighted by Gasteiger charge is 2.22. The van der Waals surface area contributed by atoms with Gasteiger partial charge in [-0.2, -0.15) is 4.98 Å². The highest BCUT2D eigenvalue weighted by atomic mass is 19.1. The number of ether oxygens (including phenoxy) is 1. The standard InChI is InChI=1S/C22H23FN4O3/c1-29-19-8-6-18(7-9-19)26-12-14-27(15-13-26)21(28)11-10-20-24-22(25-30-20)16-2-4-17(23)5-3-16/h2-9H,10-15H2,1H3. The number of methoxy groups -OCH3 is 1. The minimum absolute atomic E-state index is 0.0749. The van der Waals surface area contributed by atoms with Crippen molar-refractivity contribution in [3.8, 4) is 17.1 Å². The van der Waals surface area contributed by atoms with Crippen molar-refractivity contribution in [1.29, 1.82) is 0 Å². The SMILES string of the molecule is COc1ccc(N2CCN(C(=O)CCc3nc(-c4ccc(F)cc4)no3)CC2)cc1. The van der Waals surface area contributed by atoms with E-state index in [0.717, 1.165) is 24.5 Å². The van der Waals surface area contributed by atoms with E-state index in [1.54, 1.807) is 19.2 Å². The van der Waals surface area contributed by atoms with Gasteiger partial charge in [-0.1, -0.05) is 5.16 Å². The van der Waals surface area contributed by atoms with E-state index in [0.29, 0.717) is 43.2 Å². The molecule has 1 amide bonds. The fourth-order valence-corrected chi connectivity index (χ4v) is 3.45. The quantitative estimate of drug-likeness (QED) is 0.622. The van der Waals surface area contributed by atoms with E-state index in [1.165, 1.54) is 12.1 Å². The first kappa shape index (κ1) is 19.9. The summed E-state index contributed by atoms with van der Waals surface area (Å²) in [4.78, 5) is 21.0. The third-order valence-corrected chi connectivity index (χ3v) is 5.19. The molecule has 156 valence electrons. The summed E-state index contributed by atoms with van der Waals surface area (Å²) in [6.07, 6.45) is 0.694. The molecule has 2 aromatic carbocycles. The predicted molar refractivity (Wildman–Crippen MR) is 110 cm³/mol. The van der Waals surface area contributed by atoms with E-state index in [-0.39, 0.29) is 11.7 Å². The minimum atomic E-state index is -0.319. The van der Waals surface area contributed by atoms with Crippen LogP contribution in [-0.4, -0.2) is 54.2 Å². The average Bonchev–Trinajstić information content (AvgIpc) is 3.27. The molecule has 1 aliphatic rings. The molecular weight excluding hydrogens is 387 g/mol. The van der Waals surface area contributed by atoms with Crippen molar-refractivity contribution in [1.82, 2.24) is 15.0 Å². The lowest BCUT2D eigenvalue weighted by molar-refractivity contribution is -0.131. The maximum atomic E-state index is 13.0. The Labute approximate surface area is 174 Å². The molecule has 0 N–H and O–H groups in total. The van der Waals surface area contributed by atoms with Crippen LogP contribution in [0.3, 0.4) is 0 Å². The van der Waals surface area contributed by atoms with Crippen molar-refractivity contribution in [2.24, 2.45) is 0 Å². The molecule has 2 heterocycles. The van der Waals surface area contributed by atoms with Gasteiger partial charge < -0.3 is 19.1 Å². The third-order valence-electron chi connectivity index (χ3n) is 5.19. The molecule has 0 saturated carbocycles. The number of amides is 1. The molecule has 1 aromatic heterocycles. The predicted octanol–water partition coefficient (Wildman–Crippen LogP) is 3.17. The van der Waals surface area contributed by atoms with Gasteiger partial charge in [-0.15, -0.1) is 0 Å². The fraction of sp³-hybridized carbons (Fsp3) is 0.318. The average molecular weight is 410 g/mol. The third kappa shape index (κ3) is 4.59. The van der Waals surface area contributed by atoms with Gasteiger partial charge in [-0.25, -0.2) is 4.39 Å². The highest BCUT2D eigenvalue weighted by molar-refractivity contribution is 5.76. The molecule has 0 aliphatic carbocycles. The van der Waals surface area contributed by atoms with Crippen LogP contribution in [0.5, 0.6) is 5.75 Å². The van der Waals surface area contributed by atoms with E-state index in [4.69, 9.17) is 9.26 Å². The molecule has 0 radical (unpaired) electrons. The zero-order valence-corrected chi connectivity index (χ0v) is 16.8. The van der Waals surface area contributed by atoms with Crippen molar-refractivity contribution in [2.45, 2.75) is 12.8 Å². The zero-order valence-electron chi connectivity index (χ0n) is 16.8.